The van der Waals surface area contributed by atoms with Gasteiger partial charge in [0.25, 0.3) is 5.91 Å². The van der Waals surface area contributed by atoms with E-state index in [1.807, 2.05) is 0 Å². The molecular formula is C13H15BrN2O2. The quantitative estimate of drug-likeness (QED) is 0.822. The van der Waals surface area contributed by atoms with Crippen LogP contribution in [0.2, 0.25) is 0 Å². The lowest BCUT2D eigenvalue weighted by molar-refractivity contribution is 0.0841. The highest BCUT2D eigenvalue weighted by Gasteiger charge is 2.41. The number of carbonyl (C=O) groups excluding carboxylic acids is 1. The minimum absolute atomic E-state index is 0.0795. The highest BCUT2D eigenvalue weighted by molar-refractivity contribution is 9.10. The third-order valence-electron chi connectivity index (χ3n) is 3.60. The van der Waals surface area contributed by atoms with Gasteiger partial charge in [-0.25, -0.2) is 0 Å². The SMILES string of the molecule is Nc1cc(Br)cc(C(=O)NC2CC3CCC2O3)c1. The summed E-state index contributed by atoms with van der Waals surface area (Å²) in [6.07, 6.45) is 3.65. The van der Waals surface area contributed by atoms with E-state index in [4.69, 9.17) is 10.5 Å². The number of fused-ring (bicyclic) bond motifs is 2. The van der Waals surface area contributed by atoms with E-state index in [9.17, 15) is 4.79 Å². The zero-order valence-corrected chi connectivity index (χ0v) is 11.4. The molecule has 2 bridgehead atoms. The summed E-state index contributed by atoms with van der Waals surface area (Å²) in [5.74, 6) is -0.0795. The van der Waals surface area contributed by atoms with E-state index in [1.165, 1.54) is 0 Å². The molecule has 2 fully saturated rings. The minimum atomic E-state index is -0.0795. The van der Waals surface area contributed by atoms with Gasteiger partial charge in [0.05, 0.1) is 18.2 Å². The van der Waals surface area contributed by atoms with Crippen LogP contribution in [0.4, 0.5) is 5.69 Å². The predicted octanol–water partition coefficient (Wildman–Crippen LogP) is 2.08. The van der Waals surface area contributed by atoms with E-state index in [2.05, 4.69) is 21.2 Å². The van der Waals surface area contributed by atoms with Crippen LogP contribution in [0.15, 0.2) is 22.7 Å². The van der Waals surface area contributed by atoms with E-state index < -0.39 is 0 Å². The Balaban J connectivity index is 1.71. The Morgan fingerprint density at radius 1 is 1.39 bits per heavy atom. The number of hydrogen-bond acceptors (Lipinski definition) is 3. The summed E-state index contributed by atoms with van der Waals surface area (Å²) in [4.78, 5) is 12.1. The smallest absolute Gasteiger partial charge is 0.251 e. The van der Waals surface area contributed by atoms with Crippen LogP contribution < -0.4 is 11.1 Å². The van der Waals surface area contributed by atoms with Crippen LogP contribution in [0, 0.1) is 0 Å². The van der Waals surface area contributed by atoms with Crippen LogP contribution in [0.5, 0.6) is 0 Å². The van der Waals surface area contributed by atoms with Gasteiger partial charge in [0.2, 0.25) is 0 Å². The van der Waals surface area contributed by atoms with Gasteiger partial charge in [-0.15, -0.1) is 0 Å². The molecule has 0 aliphatic carbocycles. The number of hydrogen-bond donors (Lipinski definition) is 2. The molecule has 1 amide bonds. The van der Waals surface area contributed by atoms with Gasteiger partial charge in [-0.1, -0.05) is 15.9 Å². The molecule has 0 aromatic heterocycles. The first-order valence-electron chi connectivity index (χ1n) is 6.14. The fourth-order valence-electron chi connectivity index (χ4n) is 2.78. The van der Waals surface area contributed by atoms with Crippen molar-refractivity contribution in [2.45, 2.75) is 37.5 Å². The third kappa shape index (κ3) is 2.24. The zero-order valence-electron chi connectivity index (χ0n) is 9.86. The summed E-state index contributed by atoms with van der Waals surface area (Å²) in [5, 5.41) is 3.04. The molecule has 96 valence electrons. The van der Waals surface area contributed by atoms with Crippen molar-refractivity contribution in [3.8, 4) is 0 Å². The minimum Gasteiger partial charge on any atom is -0.399 e. The Morgan fingerprint density at radius 3 is 2.83 bits per heavy atom. The number of nitrogens with one attached hydrogen (secondary N) is 1. The van der Waals surface area contributed by atoms with E-state index in [0.29, 0.717) is 17.4 Å². The number of carbonyl (C=O) groups is 1. The Hall–Kier alpha value is -1.07. The molecule has 0 radical (unpaired) electrons. The molecule has 3 unspecified atom stereocenters. The average molecular weight is 311 g/mol. The van der Waals surface area contributed by atoms with Crippen molar-refractivity contribution in [2.24, 2.45) is 0 Å². The molecule has 1 aromatic carbocycles. The molecule has 3 N–H and O–H groups in total. The van der Waals surface area contributed by atoms with Crippen LogP contribution in [0.3, 0.4) is 0 Å². The molecule has 3 rings (SSSR count). The van der Waals surface area contributed by atoms with Gasteiger partial charge in [-0.05, 0) is 37.5 Å². The van der Waals surface area contributed by atoms with Crippen molar-refractivity contribution in [1.29, 1.82) is 0 Å². The third-order valence-corrected chi connectivity index (χ3v) is 4.06. The van der Waals surface area contributed by atoms with Gasteiger partial charge in [0.1, 0.15) is 0 Å². The lowest BCUT2D eigenvalue weighted by Gasteiger charge is -2.20. The first-order valence-corrected chi connectivity index (χ1v) is 6.93. The number of amides is 1. The van der Waals surface area contributed by atoms with Gasteiger partial charge in [-0.2, -0.15) is 0 Å². The number of rotatable bonds is 2. The fourth-order valence-corrected chi connectivity index (χ4v) is 3.30. The van der Waals surface area contributed by atoms with Gasteiger partial charge in [0, 0.05) is 15.7 Å². The highest BCUT2D eigenvalue weighted by Crippen LogP contribution is 2.34. The van der Waals surface area contributed by atoms with Crippen LogP contribution in [-0.2, 0) is 4.74 Å². The molecule has 18 heavy (non-hydrogen) atoms. The summed E-state index contributed by atoms with van der Waals surface area (Å²) in [6.45, 7) is 0. The van der Waals surface area contributed by atoms with Gasteiger partial charge in [-0.3, -0.25) is 4.79 Å². The standard InChI is InChI=1S/C13H15BrN2O2/c14-8-3-7(4-9(15)5-8)13(17)16-11-6-10-1-2-12(11)18-10/h3-5,10-12H,1-2,6,15H2,(H,16,17). The average Bonchev–Trinajstić information content (AvgIpc) is 2.89. The van der Waals surface area contributed by atoms with Crippen LogP contribution >= 0.6 is 15.9 Å². The zero-order chi connectivity index (χ0) is 12.7. The molecule has 2 aliphatic heterocycles. The number of nitrogen functional groups attached to an aromatic ring is 1. The van der Waals surface area contributed by atoms with Gasteiger partial charge >= 0.3 is 0 Å². The molecule has 3 atom stereocenters. The fraction of sp³-hybridized carbons (Fsp3) is 0.462. The predicted molar refractivity (Wildman–Crippen MR) is 72.3 cm³/mol. The van der Waals surface area contributed by atoms with Gasteiger partial charge < -0.3 is 15.8 Å². The van der Waals surface area contributed by atoms with Crippen molar-refractivity contribution < 1.29 is 9.53 Å². The first kappa shape index (κ1) is 12.0. The van der Waals surface area contributed by atoms with Crippen molar-refractivity contribution in [2.75, 3.05) is 5.73 Å². The van der Waals surface area contributed by atoms with E-state index >= 15 is 0 Å². The van der Waals surface area contributed by atoms with Crippen LogP contribution in [-0.4, -0.2) is 24.2 Å². The number of halogens is 1. The van der Waals surface area contributed by atoms with Crippen molar-refractivity contribution >= 4 is 27.5 Å². The number of nitrogens with two attached hydrogens (primary N) is 1. The lowest BCUT2D eigenvalue weighted by Crippen LogP contribution is -2.41. The first-order chi connectivity index (χ1) is 8.61. The highest BCUT2D eigenvalue weighted by atomic mass is 79.9. The Kier molecular flexibility index (Phi) is 3.03. The summed E-state index contributed by atoms with van der Waals surface area (Å²) in [5.41, 5.74) is 6.90. The molecule has 4 nitrogen and oxygen atoms in total. The largest absolute Gasteiger partial charge is 0.399 e. The normalized spacial score (nSPS) is 29.5. The van der Waals surface area contributed by atoms with Gasteiger partial charge in [0.15, 0.2) is 0 Å². The van der Waals surface area contributed by atoms with Crippen molar-refractivity contribution in [3.05, 3.63) is 28.2 Å². The molecule has 2 saturated heterocycles. The maximum Gasteiger partial charge on any atom is 0.251 e. The maximum atomic E-state index is 12.1. The summed E-state index contributed by atoms with van der Waals surface area (Å²) >= 11 is 3.34. The molecular weight excluding hydrogens is 296 g/mol. The second-order valence-electron chi connectivity index (χ2n) is 4.96. The summed E-state index contributed by atoms with van der Waals surface area (Å²) < 4.78 is 6.54. The van der Waals surface area contributed by atoms with Crippen LogP contribution in [0.1, 0.15) is 29.6 Å². The Morgan fingerprint density at radius 2 is 2.22 bits per heavy atom. The maximum absolute atomic E-state index is 12.1. The number of ether oxygens (including phenoxy) is 1. The summed E-state index contributed by atoms with van der Waals surface area (Å²) in [6, 6.07) is 5.39. The number of anilines is 1. The molecule has 1 aromatic rings. The molecule has 2 aliphatic rings. The topological polar surface area (TPSA) is 64.4 Å². The van der Waals surface area contributed by atoms with Crippen molar-refractivity contribution in [1.82, 2.24) is 5.32 Å². The second kappa shape index (κ2) is 4.55. The Bertz CT molecular complexity index is 472. The monoisotopic (exact) mass is 310 g/mol. The molecule has 0 spiro atoms. The van der Waals surface area contributed by atoms with E-state index in [1.54, 1.807) is 18.2 Å². The molecule has 5 heteroatoms. The number of benzene rings is 1. The second-order valence-corrected chi connectivity index (χ2v) is 5.88. The van der Waals surface area contributed by atoms with E-state index in [0.717, 1.165) is 23.7 Å². The van der Waals surface area contributed by atoms with Crippen molar-refractivity contribution in [3.63, 3.8) is 0 Å². The van der Waals surface area contributed by atoms with E-state index in [-0.39, 0.29) is 18.1 Å². The molecule has 0 saturated carbocycles. The summed E-state index contributed by atoms with van der Waals surface area (Å²) in [7, 11) is 0. The Labute approximate surface area is 114 Å². The lowest BCUT2D eigenvalue weighted by atomic mass is 9.95. The van der Waals surface area contributed by atoms with Crippen LogP contribution in [0.25, 0.3) is 0 Å². The molecule has 2 heterocycles.